The minimum Gasteiger partial charge on any atom is -0.479 e. The molecule has 2 heterocycles. The summed E-state index contributed by atoms with van der Waals surface area (Å²) in [6.07, 6.45) is 0.247. The molecule has 0 bridgehead atoms. The van der Waals surface area contributed by atoms with Crippen molar-refractivity contribution in [2.45, 2.75) is 37.3 Å². The third-order valence-electron chi connectivity index (χ3n) is 5.72. The summed E-state index contributed by atoms with van der Waals surface area (Å²) in [5, 5.41) is 6.22. The van der Waals surface area contributed by atoms with Crippen LogP contribution in [0.1, 0.15) is 25.3 Å². The van der Waals surface area contributed by atoms with Crippen molar-refractivity contribution in [2.75, 3.05) is 18.4 Å². The maximum absolute atomic E-state index is 13.1. The van der Waals surface area contributed by atoms with E-state index in [0.29, 0.717) is 35.8 Å². The van der Waals surface area contributed by atoms with Crippen molar-refractivity contribution in [1.82, 2.24) is 9.62 Å². The Morgan fingerprint density at radius 1 is 1.19 bits per heavy atom. The van der Waals surface area contributed by atoms with Gasteiger partial charge in [-0.25, -0.2) is 8.42 Å². The standard InChI is InChI=1S/C22H24ClN3O5S/c1-14-21(27)25-19-12-18(6-7-20(19)31-14)32(29,30)26-10-8-16(9-11-26)22(28)24-13-15-2-4-17(23)5-3-15/h2-7,12,14,16H,8-11,13H2,1H3,(H,24,28)(H,25,27). The lowest BCUT2D eigenvalue weighted by Gasteiger charge is -2.31. The van der Waals surface area contributed by atoms with Gasteiger partial charge in [-0.1, -0.05) is 23.7 Å². The van der Waals surface area contributed by atoms with E-state index in [4.69, 9.17) is 16.3 Å². The van der Waals surface area contributed by atoms with Gasteiger partial charge in [0, 0.05) is 30.6 Å². The first kappa shape index (κ1) is 22.6. The molecule has 32 heavy (non-hydrogen) atoms. The van der Waals surface area contributed by atoms with Crippen LogP contribution in [0.15, 0.2) is 47.4 Å². The van der Waals surface area contributed by atoms with E-state index >= 15 is 0 Å². The fraction of sp³-hybridized carbons (Fsp3) is 0.364. The molecule has 170 valence electrons. The Morgan fingerprint density at radius 3 is 2.56 bits per heavy atom. The highest BCUT2D eigenvalue weighted by atomic mass is 35.5. The number of nitrogens with one attached hydrogen (secondary N) is 2. The molecule has 0 aromatic heterocycles. The second-order valence-corrected chi connectivity index (χ2v) is 10.3. The van der Waals surface area contributed by atoms with E-state index in [0.717, 1.165) is 5.56 Å². The van der Waals surface area contributed by atoms with Gasteiger partial charge >= 0.3 is 0 Å². The van der Waals surface area contributed by atoms with Crippen molar-refractivity contribution in [3.63, 3.8) is 0 Å². The van der Waals surface area contributed by atoms with Crippen LogP contribution in [0.5, 0.6) is 5.75 Å². The van der Waals surface area contributed by atoms with E-state index in [1.165, 1.54) is 16.4 Å². The van der Waals surface area contributed by atoms with Crippen molar-refractivity contribution in [3.05, 3.63) is 53.1 Å². The summed E-state index contributed by atoms with van der Waals surface area (Å²) in [7, 11) is -3.75. The quantitative estimate of drug-likeness (QED) is 0.689. The van der Waals surface area contributed by atoms with Gasteiger partial charge < -0.3 is 15.4 Å². The summed E-state index contributed by atoms with van der Waals surface area (Å²) in [5.74, 6) is -0.212. The molecule has 1 fully saturated rings. The molecule has 0 aliphatic carbocycles. The Bertz CT molecular complexity index is 1130. The van der Waals surface area contributed by atoms with Crippen LogP contribution in [-0.2, 0) is 26.2 Å². The number of hydrogen-bond acceptors (Lipinski definition) is 5. The minimum atomic E-state index is -3.75. The van der Waals surface area contributed by atoms with Gasteiger partial charge in [-0.2, -0.15) is 4.31 Å². The largest absolute Gasteiger partial charge is 0.479 e. The molecule has 2 aliphatic rings. The van der Waals surface area contributed by atoms with Crippen molar-refractivity contribution < 1.29 is 22.7 Å². The number of rotatable bonds is 5. The monoisotopic (exact) mass is 477 g/mol. The van der Waals surface area contributed by atoms with E-state index in [1.807, 2.05) is 12.1 Å². The molecule has 1 atom stereocenters. The number of benzene rings is 2. The molecule has 2 aliphatic heterocycles. The lowest BCUT2D eigenvalue weighted by atomic mass is 9.97. The number of fused-ring (bicyclic) bond motifs is 1. The normalized spacial score (nSPS) is 19.6. The number of carbonyl (C=O) groups excluding carboxylic acids is 2. The number of nitrogens with zero attached hydrogens (tertiary/aromatic N) is 1. The molecule has 0 radical (unpaired) electrons. The molecule has 10 heteroatoms. The summed E-state index contributed by atoms with van der Waals surface area (Å²) in [5.41, 5.74) is 1.28. The second kappa shape index (κ2) is 9.09. The highest BCUT2D eigenvalue weighted by Gasteiger charge is 2.33. The van der Waals surface area contributed by atoms with E-state index in [2.05, 4.69) is 10.6 Å². The Labute approximate surface area is 191 Å². The molecular weight excluding hydrogens is 454 g/mol. The predicted molar refractivity (Wildman–Crippen MR) is 120 cm³/mol. The lowest BCUT2D eigenvalue weighted by Crippen LogP contribution is -2.43. The third kappa shape index (κ3) is 4.74. The van der Waals surface area contributed by atoms with Crippen molar-refractivity contribution in [3.8, 4) is 5.75 Å². The topological polar surface area (TPSA) is 105 Å². The van der Waals surface area contributed by atoms with Crippen LogP contribution in [-0.4, -0.2) is 43.7 Å². The highest BCUT2D eigenvalue weighted by Crippen LogP contribution is 2.33. The van der Waals surface area contributed by atoms with Crippen LogP contribution in [0.2, 0.25) is 5.02 Å². The number of carbonyl (C=O) groups is 2. The summed E-state index contributed by atoms with van der Waals surface area (Å²) >= 11 is 5.87. The van der Waals surface area contributed by atoms with Crippen LogP contribution in [0.3, 0.4) is 0 Å². The third-order valence-corrected chi connectivity index (χ3v) is 7.87. The zero-order valence-electron chi connectivity index (χ0n) is 17.5. The van der Waals surface area contributed by atoms with Crippen LogP contribution in [0.25, 0.3) is 0 Å². The summed E-state index contributed by atoms with van der Waals surface area (Å²) in [6, 6.07) is 11.7. The van der Waals surface area contributed by atoms with Crippen molar-refractivity contribution in [2.24, 2.45) is 5.92 Å². The molecule has 1 unspecified atom stereocenters. The Balaban J connectivity index is 1.36. The Hall–Kier alpha value is -2.62. The summed E-state index contributed by atoms with van der Waals surface area (Å²) < 4.78 is 33.1. The average molecular weight is 478 g/mol. The van der Waals surface area contributed by atoms with Gasteiger partial charge in [0.1, 0.15) is 5.75 Å². The molecule has 2 amide bonds. The molecular formula is C22H24ClN3O5S. The molecule has 8 nitrogen and oxygen atoms in total. The van der Waals surface area contributed by atoms with Gasteiger partial charge in [-0.15, -0.1) is 0 Å². The number of sulfonamides is 1. The highest BCUT2D eigenvalue weighted by molar-refractivity contribution is 7.89. The van der Waals surface area contributed by atoms with Crippen LogP contribution in [0.4, 0.5) is 5.69 Å². The molecule has 2 aromatic rings. The zero-order valence-corrected chi connectivity index (χ0v) is 19.1. The molecule has 0 spiro atoms. The number of ether oxygens (including phenoxy) is 1. The predicted octanol–water partition coefficient (Wildman–Crippen LogP) is 2.78. The molecule has 2 aromatic carbocycles. The summed E-state index contributed by atoms with van der Waals surface area (Å²) in [4.78, 5) is 24.4. The molecule has 0 saturated carbocycles. The van der Waals surface area contributed by atoms with Gasteiger partial charge in [-0.3, -0.25) is 9.59 Å². The number of anilines is 1. The summed E-state index contributed by atoms with van der Waals surface area (Å²) in [6.45, 7) is 2.52. The minimum absolute atomic E-state index is 0.0836. The first-order valence-electron chi connectivity index (χ1n) is 10.4. The maximum Gasteiger partial charge on any atom is 0.265 e. The van der Waals surface area contributed by atoms with Gasteiger partial charge in [-0.05, 0) is 55.7 Å². The Kier molecular flexibility index (Phi) is 6.41. The van der Waals surface area contributed by atoms with Gasteiger partial charge in [0.15, 0.2) is 6.10 Å². The molecule has 2 N–H and O–H groups in total. The molecule has 1 saturated heterocycles. The SMILES string of the molecule is CC1Oc2ccc(S(=O)(=O)N3CCC(C(=O)NCc4ccc(Cl)cc4)CC3)cc2NC1=O. The van der Waals surface area contributed by atoms with E-state index in [9.17, 15) is 18.0 Å². The first-order valence-corrected chi connectivity index (χ1v) is 12.2. The van der Waals surface area contributed by atoms with Crippen LogP contribution >= 0.6 is 11.6 Å². The number of piperidine rings is 1. The number of amides is 2. The second-order valence-electron chi connectivity index (χ2n) is 7.93. The van der Waals surface area contributed by atoms with Crippen molar-refractivity contribution >= 4 is 39.1 Å². The fourth-order valence-corrected chi connectivity index (χ4v) is 5.41. The van der Waals surface area contributed by atoms with Crippen LogP contribution in [0, 0.1) is 5.92 Å². The van der Waals surface area contributed by atoms with Gasteiger partial charge in [0.2, 0.25) is 15.9 Å². The Morgan fingerprint density at radius 2 is 1.88 bits per heavy atom. The number of halogens is 1. The van der Waals surface area contributed by atoms with E-state index in [-0.39, 0.29) is 35.7 Å². The van der Waals surface area contributed by atoms with Crippen LogP contribution < -0.4 is 15.4 Å². The van der Waals surface area contributed by atoms with Crippen molar-refractivity contribution in [1.29, 1.82) is 0 Å². The van der Waals surface area contributed by atoms with Gasteiger partial charge in [0.25, 0.3) is 5.91 Å². The average Bonchev–Trinajstić information content (AvgIpc) is 2.79. The zero-order chi connectivity index (χ0) is 22.9. The van der Waals surface area contributed by atoms with Gasteiger partial charge in [0.05, 0.1) is 10.6 Å². The van der Waals surface area contributed by atoms with E-state index in [1.54, 1.807) is 25.1 Å². The van der Waals surface area contributed by atoms with E-state index < -0.39 is 16.1 Å². The number of hydrogen-bond donors (Lipinski definition) is 2. The molecule has 4 rings (SSSR count). The first-order chi connectivity index (χ1) is 15.2. The smallest absolute Gasteiger partial charge is 0.265 e. The maximum atomic E-state index is 13.1. The lowest BCUT2D eigenvalue weighted by molar-refractivity contribution is -0.126. The fourth-order valence-electron chi connectivity index (χ4n) is 3.79.